The molecule has 1 atom stereocenters. The first-order chi connectivity index (χ1) is 8.89. The lowest BCUT2D eigenvalue weighted by Gasteiger charge is -2.24. The van der Waals surface area contributed by atoms with E-state index in [0.29, 0.717) is 11.3 Å². The minimum absolute atomic E-state index is 0.312. The standard InChI is InChI=1S/C18H29N/c1-6-15(13-18(3,4)5)17-10-8-7-9-16(17)14(2)11-12-19/h6-10,14H,11-13,19H2,1-5H3/b15-6+. The van der Waals surface area contributed by atoms with E-state index in [2.05, 4.69) is 65.0 Å². The van der Waals surface area contributed by atoms with Crippen molar-refractivity contribution in [3.63, 3.8) is 0 Å². The first-order valence-corrected chi connectivity index (χ1v) is 7.33. The SMILES string of the molecule is C/C=C(\CC(C)(C)C)c1ccccc1C(C)CCN. The minimum Gasteiger partial charge on any atom is -0.330 e. The van der Waals surface area contributed by atoms with E-state index in [9.17, 15) is 0 Å². The lowest BCUT2D eigenvalue weighted by molar-refractivity contribution is 0.427. The summed E-state index contributed by atoms with van der Waals surface area (Å²) in [4.78, 5) is 0. The van der Waals surface area contributed by atoms with Crippen LogP contribution in [-0.4, -0.2) is 6.54 Å². The van der Waals surface area contributed by atoms with E-state index in [1.165, 1.54) is 16.7 Å². The fraction of sp³-hybridized carbons (Fsp3) is 0.556. The number of benzene rings is 1. The van der Waals surface area contributed by atoms with Crippen molar-refractivity contribution < 1.29 is 0 Å². The molecule has 0 aliphatic heterocycles. The van der Waals surface area contributed by atoms with Gasteiger partial charge in [-0.2, -0.15) is 0 Å². The molecule has 0 bridgehead atoms. The van der Waals surface area contributed by atoms with Crippen molar-refractivity contribution in [2.75, 3.05) is 6.54 Å². The van der Waals surface area contributed by atoms with Gasteiger partial charge in [0.2, 0.25) is 0 Å². The topological polar surface area (TPSA) is 26.0 Å². The first kappa shape index (κ1) is 16.0. The van der Waals surface area contributed by atoms with Crippen molar-refractivity contribution in [2.45, 2.75) is 53.4 Å². The van der Waals surface area contributed by atoms with Crippen LogP contribution in [0, 0.1) is 5.41 Å². The number of hydrogen-bond donors (Lipinski definition) is 1. The first-order valence-electron chi connectivity index (χ1n) is 7.33. The van der Waals surface area contributed by atoms with Crippen molar-refractivity contribution in [3.05, 3.63) is 41.5 Å². The summed E-state index contributed by atoms with van der Waals surface area (Å²) >= 11 is 0. The van der Waals surface area contributed by atoms with Gasteiger partial charge in [0.1, 0.15) is 0 Å². The Labute approximate surface area is 118 Å². The monoisotopic (exact) mass is 259 g/mol. The molecule has 0 spiro atoms. The zero-order valence-corrected chi connectivity index (χ0v) is 13.2. The molecule has 0 aromatic heterocycles. The number of hydrogen-bond acceptors (Lipinski definition) is 1. The molecule has 106 valence electrons. The van der Waals surface area contributed by atoms with Gasteiger partial charge in [0, 0.05) is 0 Å². The smallest absolute Gasteiger partial charge is 0.00715 e. The molecule has 1 aromatic rings. The zero-order valence-electron chi connectivity index (χ0n) is 13.2. The van der Waals surface area contributed by atoms with Crippen LogP contribution in [0.5, 0.6) is 0 Å². The maximum atomic E-state index is 5.71. The molecule has 0 heterocycles. The van der Waals surface area contributed by atoms with Gasteiger partial charge >= 0.3 is 0 Å². The quantitative estimate of drug-likeness (QED) is 0.793. The molecule has 0 amide bonds. The van der Waals surface area contributed by atoms with Gasteiger partial charge in [-0.05, 0) is 54.3 Å². The average molecular weight is 259 g/mol. The molecule has 0 aliphatic carbocycles. The van der Waals surface area contributed by atoms with Gasteiger partial charge < -0.3 is 5.73 Å². The molecule has 1 nitrogen and oxygen atoms in total. The summed E-state index contributed by atoms with van der Waals surface area (Å²) in [6.45, 7) is 12.1. The van der Waals surface area contributed by atoms with Crippen LogP contribution in [0.15, 0.2) is 30.3 Å². The normalized spacial score (nSPS) is 14.5. The molecule has 0 saturated heterocycles. The third-order valence-electron chi connectivity index (χ3n) is 3.51. The highest BCUT2D eigenvalue weighted by atomic mass is 14.5. The second-order valence-corrected chi connectivity index (χ2v) is 6.62. The van der Waals surface area contributed by atoms with Gasteiger partial charge in [-0.15, -0.1) is 0 Å². The molecule has 1 unspecified atom stereocenters. The van der Waals surface area contributed by atoms with Crippen LogP contribution < -0.4 is 5.73 Å². The second kappa shape index (κ2) is 6.91. The van der Waals surface area contributed by atoms with Crippen molar-refractivity contribution >= 4 is 5.57 Å². The Hall–Kier alpha value is -1.08. The third-order valence-corrected chi connectivity index (χ3v) is 3.51. The predicted molar refractivity (Wildman–Crippen MR) is 86.3 cm³/mol. The summed E-state index contributed by atoms with van der Waals surface area (Å²) in [6.07, 6.45) is 4.42. The Morgan fingerprint density at radius 2 is 1.89 bits per heavy atom. The predicted octanol–water partition coefficient (Wildman–Crippen LogP) is 4.98. The fourth-order valence-corrected chi connectivity index (χ4v) is 2.55. The van der Waals surface area contributed by atoms with Crippen LogP contribution in [0.3, 0.4) is 0 Å². The number of nitrogens with two attached hydrogens (primary N) is 1. The van der Waals surface area contributed by atoms with Gasteiger partial charge in [-0.1, -0.05) is 58.0 Å². The van der Waals surface area contributed by atoms with Gasteiger partial charge in [0.25, 0.3) is 0 Å². The van der Waals surface area contributed by atoms with Gasteiger partial charge in [-0.3, -0.25) is 0 Å². The van der Waals surface area contributed by atoms with Crippen molar-refractivity contribution in [3.8, 4) is 0 Å². The van der Waals surface area contributed by atoms with E-state index in [4.69, 9.17) is 5.73 Å². The lowest BCUT2D eigenvalue weighted by Crippen LogP contribution is -2.09. The van der Waals surface area contributed by atoms with E-state index >= 15 is 0 Å². The largest absolute Gasteiger partial charge is 0.330 e. The highest BCUT2D eigenvalue weighted by Gasteiger charge is 2.17. The number of rotatable bonds is 5. The van der Waals surface area contributed by atoms with Crippen LogP contribution in [0.25, 0.3) is 5.57 Å². The Morgan fingerprint density at radius 3 is 2.42 bits per heavy atom. The fourth-order valence-electron chi connectivity index (χ4n) is 2.55. The molecule has 0 radical (unpaired) electrons. The van der Waals surface area contributed by atoms with E-state index in [1.807, 2.05) is 0 Å². The average Bonchev–Trinajstić information content (AvgIpc) is 2.35. The van der Waals surface area contributed by atoms with Crippen LogP contribution in [0.4, 0.5) is 0 Å². The Kier molecular flexibility index (Phi) is 5.81. The molecular formula is C18H29N. The van der Waals surface area contributed by atoms with Crippen LogP contribution in [0.1, 0.15) is 64.5 Å². The molecule has 1 heteroatoms. The summed E-state index contributed by atoms with van der Waals surface area (Å²) in [5.41, 5.74) is 10.3. The maximum absolute atomic E-state index is 5.71. The summed E-state index contributed by atoms with van der Waals surface area (Å²) in [5.74, 6) is 0.524. The van der Waals surface area contributed by atoms with Crippen molar-refractivity contribution in [1.29, 1.82) is 0 Å². The molecular weight excluding hydrogens is 230 g/mol. The maximum Gasteiger partial charge on any atom is -0.00715 e. The molecule has 1 aromatic carbocycles. The minimum atomic E-state index is 0.312. The van der Waals surface area contributed by atoms with Crippen LogP contribution in [-0.2, 0) is 0 Å². The highest BCUT2D eigenvalue weighted by molar-refractivity contribution is 5.69. The summed E-state index contributed by atoms with van der Waals surface area (Å²) < 4.78 is 0. The summed E-state index contributed by atoms with van der Waals surface area (Å²) in [6, 6.07) is 8.78. The molecule has 2 N–H and O–H groups in total. The van der Waals surface area contributed by atoms with Crippen LogP contribution in [0.2, 0.25) is 0 Å². The molecule has 0 fully saturated rings. The second-order valence-electron chi connectivity index (χ2n) is 6.62. The Balaban J connectivity index is 3.11. The Morgan fingerprint density at radius 1 is 1.26 bits per heavy atom. The summed E-state index contributed by atoms with van der Waals surface area (Å²) in [5, 5.41) is 0. The molecule has 1 rings (SSSR count). The zero-order chi connectivity index (χ0) is 14.5. The van der Waals surface area contributed by atoms with Crippen molar-refractivity contribution in [2.24, 2.45) is 11.1 Å². The van der Waals surface area contributed by atoms with Gasteiger partial charge in [0.05, 0.1) is 0 Å². The van der Waals surface area contributed by atoms with E-state index < -0.39 is 0 Å². The Bertz CT molecular complexity index is 424. The van der Waals surface area contributed by atoms with E-state index in [-0.39, 0.29) is 0 Å². The lowest BCUT2D eigenvalue weighted by atomic mass is 9.81. The number of allylic oxidation sites excluding steroid dienone is 2. The molecule has 0 aliphatic rings. The van der Waals surface area contributed by atoms with Crippen molar-refractivity contribution in [1.82, 2.24) is 0 Å². The van der Waals surface area contributed by atoms with Gasteiger partial charge in [-0.25, -0.2) is 0 Å². The highest BCUT2D eigenvalue weighted by Crippen LogP contribution is 2.34. The molecule has 19 heavy (non-hydrogen) atoms. The summed E-state index contributed by atoms with van der Waals surface area (Å²) in [7, 11) is 0. The van der Waals surface area contributed by atoms with E-state index in [0.717, 1.165) is 19.4 Å². The van der Waals surface area contributed by atoms with E-state index in [1.54, 1.807) is 0 Å². The van der Waals surface area contributed by atoms with Gasteiger partial charge in [0.15, 0.2) is 0 Å². The van der Waals surface area contributed by atoms with Crippen LogP contribution >= 0.6 is 0 Å². The molecule has 0 saturated carbocycles. The third kappa shape index (κ3) is 4.83.